The average molecular weight is 459 g/mol. The summed E-state index contributed by atoms with van der Waals surface area (Å²) in [6.45, 7) is 3.38. The fraction of sp³-hybridized carbons (Fsp3) is 0.600. The minimum atomic E-state index is -0.530. The van der Waals surface area contributed by atoms with Gasteiger partial charge in [0.05, 0.1) is 6.61 Å². The summed E-state index contributed by atoms with van der Waals surface area (Å²) in [5.41, 5.74) is 0.912. The summed E-state index contributed by atoms with van der Waals surface area (Å²) in [4.78, 5) is 53.1. The van der Waals surface area contributed by atoms with Crippen LogP contribution >= 0.6 is 0 Å². The molecule has 0 aliphatic carbocycles. The lowest BCUT2D eigenvalue weighted by Gasteiger charge is -2.24. The van der Waals surface area contributed by atoms with E-state index in [9.17, 15) is 19.2 Å². The Labute approximate surface area is 195 Å². The number of carbonyl (C=O) groups is 4. The van der Waals surface area contributed by atoms with Gasteiger partial charge in [-0.25, -0.2) is 9.59 Å². The highest BCUT2D eigenvalue weighted by atomic mass is 16.5. The molecule has 1 aromatic rings. The molecule has 2 fully saturated rings. The molecule has 0 N–H and O–H groups in total. The Morgan fingerprint density at radius 1 is 0.818 bits per heavy atom. The molecule has 2 saturated heterocycles. The van der Waals surface area contributed by atoms with Crippen molar-refractivity contribution in [3.63, 3.8) is 0 Å². The first-order valence-electron chi connectivity index (χ1n) is 12.0. The molecule has 3 rings (SSSR count). The van der Waals surface area contributed by atoms with E-state index in [0.717, 1.165) is 18.4 Å². The van der Waals surface area contributed by atoms with Crippen LogP contribution in [0.2, 0.25) is 0 Å². The van der Waals surface area contributed by atoms with E-state index in [-0.39, 0.29) is 36.8 Å². The molecule has 8 heteroatoms. The van der Waals surface area contributed by atoms with Gasteiger partial charge in [0.15, 0.2) is 0 Å². The summed E-state index contributed by atoms with van der Waals surface area (Å²) >= 11 is 0. The van der Waals surface area contributed by atoms with Crippen molar-refractivity contribution in [2.45, 2.75) is 77.0 Å². The summed E-state index contributed by atoms with van der Waals surface area (Å²) in [6.07, 6.45) is 4.53. The maximum Gasteiger partial charge on any atom is 0.329 e. The number of hydrogen-bond acceptors (Lipinski definition) is 6. The van der Waals surface area contributed by atoms with Gasteiger partial charge in [0.25, 0.3) is 0 Å². The van der Waals surface area contributed by atoms with Crippen LogP contribution in [0.3, 0.4) is 0 Å². The van der Waals surface area contributed by atoms with Crippen molar-refractivity contribution < 1.29 is 28.7 Å². The average Bonchev–Trinajstić information content (AvgIpc) is 3.51. The molecular formula is C25H34N2O6. The molecule has 33 heavy (non-hydrogen) atoms. The molecule has 1 aromatic carbocycles. The Morgan fingerprint density at radius 2 is 1.33 bits per heavy atom. The molecule has 2 atom stereocenters. The zero-order valence-electron chi connectivity index (χ0n) is 19.4. The third kappa shape index (κ3) is 6.79. The topological polar surface area (TPSA) is 93.2 Å². The van der Waals surface area contributed by atoms with Crippen LogP contribution in [-0.2, 0) is 35.3 Å². The fourth-order valence-electron chi connectivity index (χ4n) is 4.52. The van der Waals surface area contributed by atoms with Crippen molar-refractivity contribution in [3.05, 3.63) is 35.9 Å². The van der Waals surface area contributed by atoms with Crippen LogP contribution in [-0.4, -0.2) is 65.3 Å². The number of likely N-dealkylation sites (tertiary alicyclic amines) is 2. The maximum atomic E-state index is 12.7. The first kappa shape index (κ1) is 24.7. The molecule has 180 valence electrons. The fourth-order valence-corrected chi connectivity index (χ4v) is 4.52. The summed E-state index contributed by atoms with van der Waals surface area (Å²) < 4.78 is 10.5. The number of rotatable bonds is 10. The van der Waals surface area contributed by atoms with Crippen LogP contribution in [0.15, 0.2) is 30.3 Å². The molecule has 2 aliphatic rings. The van der Waals surface area contributed by atoms with Gasteiger partial charge in [0.2, 0.25) is 11.8 Å². The van der Waals surface area contributed by atoms with Gasteiger partial charge >= 0.3 is 11.9 Å². The zero-order chi connectivity index (χ0) is 23.6. The lowest BCUT2D eigenvalue weighted by molar-refractivity contribution is -0.154. The van der Waals surface area contributed by atoms with Crippen LogP contribution in [0.25, 0.3) is 0 Å². The number of hydrogen-bond donors (Lipinski definition) is 0. The van der Waals surface area contributed by atoms with Crippen LogP contribution in [0.5, 0.6) is 0 Å². The predicted molar refractivity (Wildman–Crippen MR) is 121 cm³/mol. The zero-order valence-corrected chi connectivity index (χ0v) is 19.4. The van der Waals surface area contributed by atoms with Gasteiger partial charge in [-0.2, -0.15) is 0 Å². The minimum absolute atomic E-state index is 0.0680. The van der Waals surface area contributed by atoms with Crippen molar-refractivity contribution in [3.8, 4) is 0 Å². The third-order valence-corrected chi connectivity index (χ3v) is 6.23. The number of esters is 2. The number of ether oxygens (including phenoxy) is 2. The molecular weight excluding hydrogens is 424 g/mol. The van der Waals surface area contributed by atoms with E-state index >= 15 is 0 Å². The number of unbranched alkanes of at least 4 members (excludes halogenated alkanes) is 1. The lowest BCUT2D eigenvalue weighted by Crippen LogP contribution is -2.41. The summed E-state index contributed by atoms with van der Waals surface area (Å²) in [7, 11) is 0. The smallest absolute Gasteiger partial charge is 0.329 e. The van der Waals surface area contributed by atoms with Gasteiger partial charge < -0.3 is 19.3 Å². The monoisotopic (exact) mass is 458 g/mol. The first-order chi connectivity index (χ1) is 16.0. The molecule has 1 unspecified atom stereocenters. The highest BCUT2D eigenvalue weighted by Gasteiger charge is 2.36. The maximum absolute atomic E-state index is 12.7. The van der Waals surface area contributed by atoms with Crippen molar-refractivity contribution in [1.82, 2.24) is 9.80 Å². The molecule has 2 aliphatic heterocycles. The Bertz CT molecular complexity index is 827. The number of benzene rings is 1. The normalized spacial score (nSPS) is 20.0. The number of amides is 2. The second-order valence-corrected chi connectivity index (χ2v) is 8.54. The van der Waals surface area contributed by atoms with E-state index in [1.165, 1.54) is 0 Å². The molecule has 0 aromatic heterocycles. The molecule has 8 nitrogen and oxygen atoms in total. The van der Waals surface area contributed by atoms with E-state index in [4.69, 9.17) is 9.47 Å². The molecule has 2 heterocycles. The molecule has 0 bridgehead atoms. The summed E-state index contributed by atoms with van der Waals surface area (Å²) in [5, 5.41) is 0. The minimum Gasteiger partial charge on any atom is -0.464 e. The van der Waals surface area contributed by atoms with Crippen molar-refractivity contribution in [2.75, 3.05) is 19.7 Å². The van der Waals surface area contributed by atoms with Crippen LogP contribution in [0, 0.1) is 0 Å². The molecule has 0 saturated carbocycles. The van der Waals surface area contributed by atoms with Gasteiger partial charge in [-0.1, -0.05) is 30.3 Å². The predicted octanol–water partition coefficient (Wildman–Crippen LogP) is 2.84. The van der Waals surface area contributed by atoms with Crippen molar-refractivity contribution in [1.29, 1.82) is 0 Å². The van der Waals surface area contributed by atoms with Crippen molar-refractivity contribution in [2.24, 2.45) is 0 Å². The van der Waals surface area contributed by atoms with E-state index in [0.29, 0.717) is 51.8 Å². The van der Waals surface area contributed by atoms with Gasteiger partial charge in [0, 0.05) is 25.9 Å². The van der Waals surface area contributed by atoms with E-state index in [2.05, 4.69) is 0 Å². The highest BCUT2D eigenvalue weighted by Crippen LogP contribution is 2.22. The van der Waals surface area contributed by atoms with Gasteiger partial charge in [0.1, 0.15) is 18.7 Å². The molecule has 0 spiro atoms. The van der Waals surface area contributed by atoms with Gasteiger partial charge in [-0.05, 0) is 51.0 Å². The Hall–Kier alpha value is -2.90. The van der Waals surface area contributed by atoms with Crippen LogP contribution < -0.4 is 0 Å². The Balaban J connectivity index is 1.39. The van der Waals surface area contributed by atoms with Gasteiger partial charge in [-0.3, -0.25) is 9.59 Å². The Morgan fingerprint density at radius 3 is 1.85 bits per heavy atom. The summed E-state index contributed by atoms with van der Waals surface area (Å²) in [6, 6.07) is 8.45. The number of carbonyl (C=O) groups excluding carboxylic acids is 4. The largest absolute Gasteiger partial charge is 0.464 e. The molecule has 2 amide bonds. The van der Waals surface area contributed by atoms with Crippen LogP contribution in [0.1, 0.15) is 63.9 Å². The highest BCUT2D eigenvalue weighted by molar-refractivity contribution is 5.86. The quantitative estimate of drug-likeness (QED) is 0.395. The van der Waals surface area contributed by atoms with Crippen LogP contribution in [0.4, 0.5) is 0 Å². The second kappa shape index (κ2) is 12.4. The second-order valence-electron chi connectivity index (χ2n) is 8.54. The number of nitrogens with zero attached hydrogens (tertiary/aromatic N) is 2. The van der Waals surface area contributed by atoms with Gasteiger partial charge in [-0.15, -0.1) is 0 Å². The standard InChI is InChI=1S/C25H34N2O6/c1-2-32-24(30)20-12-8-16-26(20)22(28)14-6-7-15-23(29)27-17-9-13-21(27)25(31)33-18-19-10-4-3-5-11-19/h3-5,10-11,20-21H,2,6-9,12-18H2,1H3/t20-,21?/m1/s1. The SMILES string of the molecule is CCOC(=O)[C@H]1CCCN1C(=O)CCCCC(=O)N1CCCC1C(=O)OCc1ccccc1. The Kier molecular flexibility index (Phi) is 9.27. The van der Waals surface area contributed by atoms with E-state index in [1.807, 2.05) is 30.3 Å². The summed E-state index contributed by atoms with van der Waals surface area (Å²) in [5.74, 6) is -0.842. The van der Waals surface area contributed by atoms with E-state index < -0.39 is 12.1 Å². The van der Waals surface area contributed by atoms with E-state index in [1.54, 1.807) is 16.7 Å². The third-order valence-electron chi connectivity index (χ3n) is 6.23. The first-order valence-corrected chi connectivity index (χ1v) is 12.0. The molecule has 0 radical (unpaired) electrons. The lowest BCUT2D eigenvalue weighted by atomic mass is 10.1. The van der Waals surface area contributed by atoms with Crippen molar-refractivity contribution >= 4 is 23.8 Å².